The number of halogens is 22. The van der Waals surface area contributed by atoms with Crippen LogP contribution >= 0.6 is 101 Å². The minimum atomic E-state index is -4.81. The number of H-pyrrole nitrogens is 3. The Balaban J connectivity index is 0.000000188. The summed E-state index contributed by atoms with van der Waals surface area (Å²) in [6.45, 7) is 1.74. The van der Waals surface area contributed by atoms with Crippen molar-refractivity contribution >= 4 is 163 Å². The van der Waals surface area contributed by atoms with Gasteiger partial charge in [0, 0.05) is 59.5 Å². The second kappa shape index (κ2) is 32.9. The molecule has 37 heteroatoms. The van der Waals surface area contributed by atoms with Gasteiger partial charge in [-0.25, -0.2) is 9.59 Å². The maximum atomic E-state index is 13.9. The molecule has 0 saturated heterocycles. The van der Waals surface area contributed by atoms with Crippen LogP contribution in [0.4, 0.5) is 77.2 Å². The lowest BCUT2D eigenvalue weighted by atomic mass is 9.98. The number of carboxylic acids is 1. The molecule has 0 atom stereocenters. The van der Waals surface area contributed by atoms with Gasteiger partial charge in [0.2, 0.25) is 0 Å². The van der Waals surface area contributed by atoms with Crippen LogP contribution < -0.4 is 33.1 Å². The molecule has 103 heavy (non-hydrogen) atoms. The van der Waals surface area contributed by atoms with Crippen LogP contribution in [0.3, 0.4) is 0 Å². The fourth-order valence-electron chi connectivity index (χ4n) is 9.31. The van der Waals surface area contributed by atoms with Crippen LogP contribution in [0.15, 0.2) is 168 Å². The van der Waals surface area contributed by atoms with Crippen LogP contribution in [0.1, 0.15) is 71.1 Å². The number of aromatic amines is 3. The topological polar surface area (TPSA) is 243 Å². The predicted molar refractivity (Wildman–Crippen MR) is 370 cm³/mol. The standard InChI is InChI=1S/C22H14ClF3N2O2S.C17H9ClF3NO3.C13H8BrClF3NO3.C7H4BrClF3N.C7H5ClF3N/c23-19-14(12-5-2-1-3-6-12)9-15(22(24,25)26)20-18(19)17(29)10-16(28-20)21(30)27-11-13-7-4-8-31-13;18-14-9(8-4-2-1-3-5-8)6-10(17(19,20)21)15-13(14)12(23)7-11(22-15)16(24)25;1-2-22-12(21)7-4-8(20)9-10(15)6(14)3-5(11(9)19-7)13(16,17)18;8-4-1-3(7(10,11)12)6(13)2-5(4)9;8-4-1-2-5(6(12)3-4)7(9,10)11/h1-10H,11H2,(H,27,30)(H,28,29);1-7H,(H,22,23)(H,24,25);3-4H,2H2,1H3,(H,19,20);1-2H,13H2;1-3H,12H2. The van der Waals surface area contributed by atoms with E-state index in [0.717, 1.165) is 65.5 Å². The number of nitrogens with two attached hydrogens (primary N) is 2. The quantitative estimate of drug-likeness (QED) is 0.0431. The van der Waals surface area contributed by atoms with Crippen molar-refractivity contribution in [3.8, 4) is 22.3 Å². The molecule has 0 spiro atoms. The lowest BCUT2D eigenvalue weighted by Gasteiger charge is -2.16. The molecule has 0 aliphatic heterocycles. The summed E-state index contributed by atoms with van der Waals surface area (Å²) in [6.07, 6.45) is -23.2. The van der Waals surface area contributed by atoms with E-state index >= 15 is 0 Å². The third-order valence-corrected chi connectivity index (χ3v) is 18.2. The van der Waals surface area contributed by atoms with Crippen molar-refractivity contribution < 1.29 is 90.1 Å². The maximum absolute atomic E-state index is 13.9. The average Bonchev–Trinajstić information content (AvgIpc) is 1.02. The number of hydrogen-bond donors (Lipinski definition) is 7. The number of esters is 1. The minimum absolute atomic E-state index is 0.0200. The van der Waals surface area contributed by atoms with E-state index in [-0.39, 0.29) is 91.9 Å². The first kappa shape index (κ1) is 81.5. The SMILES string of the molecule is CCOC(=O)c1cc(=O)c2c(Cl)c(Br)cc(C(F)(F)F)c2[nH]1.Nc1cc(Cl)c(Br)cc1C(F)(F)F.Nc1cc(Cl)ccc1C(F)(F)F.O=C(NCc1cccs1)c1cc(=O)c2c(Cl)c(-c3ccccc3)cc(C(F)(F)F)c2[nH]1.O=C(O)c1cc(=O)c2c(Cl)c(-c3ccccc3)cc(C(F)(F)F)c2[nH]1. The van der Waals surface area contributed by atoms with Gasteiger partial charge in [0.25, 0.3) is 5.91 Å². The summed E-state index contributed by atoms with van der Waals surface area (Å²) in [5, 5.41) is 12.2. The summed E-state index contributed by atoms with van der Waals surface area (Å²) < 4.78 is 199. The molecule has 11 rings (SSSR count). The molecule has 542 valence electrons. The van der Waals surface area contributed by atoms with Crippen LogP contribution in [-0.2, 0) is 42.2 Å². The maximum Gasteiger partial charge on any atom is 0.418 e. The van der Waals surface area contributed by atoms with Crippen molar-refractivity contribution in [1.29, 1.82) is 0 Å². The van der Waals surface area contributed by atoms with Crippen molar-refractivity contribution in [3.63, 3.8) is 0 Å². The average molecular weight is 1700 g/mol. The Morgan fingerprint density at radius 1 is 0.495 bits per heavy atom. The zero-order valence-electron chi connectivity index (χ0n) is 51.0. The number of hydrogen-bond acceptors (Lipinski definition) is 10. The highest BCUT2D eigenvalue weighted by molar-refractivity contribution is 9.10. The number of nitrogens with one attached hydrogen (secondary N) is 4. The number of carboxylic acid groups (broad SMARTS) is 1. The lowest BCUT2D eigenvalue weighted by molar-refractivity contribution is -0.137. The van der Waals surface area contributed by atoms with Gasteiger partial charge in [0.15, 0.2) is 16.3 Å². The summed E-state index contributed by atoms with van der Waals surface area (Å²) in [5.74, 6) is -3.16. The molecule has 0 fully saturated rings. The number of fused-ring (bicyclic) bond motifs is 3. The van der Waals surface area contributed by atoms with Crippen LogP contribution in [-0.4, -0.2) is 44.5 Å². The number of thiophene rings is 1. The van der Waals surface area contributed by atoms with Crippen LogP contribution in [0.25, 0.3) is 55.0 Å². The smallest absolute Gasteiger partial charge is 0.418 e. The molecule has 11 aromatic rings. The molecule has 14 nitrogen and oxygen atoms in total. The van der Waals surface area contributed by atoms with E-state index in [1.54, 1.807) is 66.7 Å². The number of aromatic nitrogens is 3. The highest BCUT2D eigenvalue weighted by Gasteiger charge is 2.39. The second-order valence-corrected chi connectivity index (χ2v) is 25.5. The Hall–Kier alpha value is -8.76. The number of benzene rings is 7. The molecular formula is C66H40Br2Cl5F15N6O8S. The normalized spacial score (nSPS) is 11.7. The highest BCUT2D eigenvalue weighted by Crippen LogP contribution is 2.45. The Labute approximate surface area is 613 Å². The lowest BCUT2D eigenvalue weighted by Crippen LogP contribution is -2.25. The van der Waals surface area contributed by atoms with Crippen molar-refractivity contribution in [2.75, 3.05) is 18.1 Å². The van der Waals surface area contributed by atoms with Crippen LogP contribution in [0.5, 0.6) is 0 Å². The number of ether oxygens (including phenoxy) is 1. The molecule has 0 radical (unpaired) electrons. The van der Waals surface area contributed by atoms with Gasteiger partial charge in [0.1, 0.15) is 17.1 Å². The first-order valence-electron chi connectivity index (χ1n) is 28.2. The molecular weight excluding hydrogens is 1660 g/mol. The summed E-state index contributed by atoms with van der Waals surface area (Å²) in [5.41, 5.74) is -0.102. The van der Waals surface area contributed by atoms with E-state index in [4.69, 9.17) is 74.6 Å². The Morgan fingerprint density at radius 3 is 1.33 bits per heavy atom. The fourth-order valence-corrected chi connectivity index (χ4v) is 12.0. The molecule has 0 aliphatic carbocycles. The second-order valence-electron chi connectivity index (χ2n) is 20.8. The number of amides is 1. The summed E-state index contributed by atoms with van der Waals surface area (Å²) in [7, 11) is 0. The number of aromatic carboxylic acids is 1. The van der Waals surface area contributed by atoms with E-state index in [2.05, 4.69) is 56.9 Å². The van der Waals surface area contributed by atoms with Gasteiger partial charge in [-0.05, 0) is 110 Å². The van der Waals surface area contributed by atoms with Crippen molar-refractivity contribution in [3.05, 3.63) is 259 Å². The zero-order valence-corrected chi connectivity index (χ0v) is 58.7. The first-order valence-corrected chi connectivity index (χ1v) is 32.5. The Morgan fingerprint density at radius 2 is 0.903 bits per heavy atom. The number of anilines is 2. The minimum Gasteiger partial charge on any atom is -0.477 e. The van der Waals surface area contributed by atoms with E-state index in [0.29, 0.717) is 17.2 Å². The molecule has 0 bridgehead atoms. The molecule has 0 saturated carbocycles. The molecule has 0 aliphatic rings. The van der Waals surface area contributed by atoms with E-state index in [1.165, 1.54) is 18.3 Å². The third-order valence-electron chi connectivity index (χ3n) is 13.9. The molecule has 9 N–H and O–H groups in total. The third kappa shape index (κ3) is 20.0. The van der Waals surface area contributed by atoms with Gasteiger partial charge >= 0.3 is 42.8 Å². The van der Waals surface area contributed by atoms with Crippen molar-refractivity contribution in [1.82, 2.24) is 20.3 Å². The molecule has 4 heterocycles. The zero-order chi connectivity index (χ0) is 76.8. The number of carbonyl (C=O) groups is 3. The molecule has 4 aromatic heterocycles. The Kier molecular flexibility index (Phi) is 26.1. The van der Waals surface area contributed by atoms with Crippen LogP contribution in [0, 0.1) is 0 Å². The molecule has 1 amide bonds. The van der Waals surface area contributed by atoms with Gasteiger partial charge in [-0.1, -0.05) is 125 Å². The molecule has 7 aromatic carbocycles. The van der Waals surface area contributed by atoms with Gasteiger partial charge in [-0.3, -0.25) is 19.2 Å². The monoisotopic (exact) mass is 1690 g/mol. The van der Waals surface area contributed by atoms with Gasteiger partial charge in [0.05, 0.1) is 93.8 Å². The number of nitrogen functional groups attached to an aromatic ring is 2. The number of carbonyl (C=O) groups excluding carboxylic acids is 2. The number of rotatable bonds is 8. The first-order chi connectivity index (χ1) is 47.8. The Bertz CT molecular complexity index is 5220. The van der Waals surface area contributed by atoms with E-state index < -0.39 is 120 Å². The van der Waals surface area contributed by atoms with Gasteiger partial charge < -0.3 is 41.6 Å². The summed E-state index contributed by atoms with van der Waals surface area (Å²) >= 11 is 36.6. The van der Waals surface area contributed by atoms with Crippen molar-refractivity contribution in [2.24, 2.45) is 0 Å². The number of alkyl halides is 15. The van der Waals surface area contributed by atoms with Crippen LogP contribution in [0.2, 0.25) is 25.1 Å². The number of pyridine rings is 3. The van der Waals surface area contributed by atoms with Crippen molar-refractivity contribution in [2.45, 2.75) is 44.3 Å². The predicted octanol–water partition coefficient (Wildman–Crippen LogP) is 21.2. The van der Waals surface area contributed by atoms with Gasteiger partial charge in [-0.2, -0.15) is 65.9 Å². The molecule has 0 unspecified atom stereocenters. The van der Waals surface area contributed by atoms with Gasteiger partial charge in [-0.15, -0.1) is 11.3 Å². The summed E-state index contributed by atoms with van der Waals surface area (Å²) in [4.78, 5) is 80.0. The largest absolute Gasteiger partial charge is 0.477 e. The van der Waals surface area contributed by atoms with E-state index in [9.17, 15) is 94.6 Å². The summed E-state index contributed by atoms with van der Waals surface area (Å²) in [6, 6.07) is 29.9. The fraction of sp³-hybridized carbons (Fsp3) is 0.121. The highest BCUT2D eigenvalue weighted by atomic mass is 79.9. The van der Waals surface area contributed by atoms with E-state index in [1.807, 2.05) is 11.4 Å².